The van der Waals surface area contributed by atoms with Gasteiger partial charge in [-0.15, -0.1) is 0 Å². The first kappa shape index (κ1) is 16.0. The summed E-state index contributed by atoms with van der Waals surface area (Å²) in [5.74, 6) is 0.0671. The van der Waals surface area contributed by atoms with Crippen LogP contribution in [0.3, 0.4) is 0 Å². The van der Waals surface area contributed by atoms with Crippen molar-refractivity contribution in [3.8, 4) is 0 Å². The highest BCUT2D eigenvalue weighted by Crippen LogP contribution is 1.98. The minimum absolute atomic E-state index is 0.0671. The number of nitrogens with zero attached hydrogens (tertiary/aromatic N) is 1. The normalized spacial score (nSPS) is 12.4. The Labute approximate surface area is 101 Å². The van der Waals surface area contributed by atoms with Gasteiger partial charge in [0.25, 0.3) is 0 Å². The van der Waals surface area contributed by atoms with Gasteiger partial charge in [0, 0.05) is 40.4 Å². The second-order valence-electron chi connectivity index (χ2n) is 3.82. The van der Waals surface area contributed by atoms with Crippen molar-refractivity contribution in [2.75, 3.05) is 46.9 Å². The zero-order chi connectivity index (χ0) is 12.2. The number of methoxy groups -OCH3 is 2. The maximum absolute atomic E-state index is 5.54. The molecule has 0 atom stereocenters. The number of ether oxygens (including phenoxy) is 2. The molecule has 0 aromatic heterocycles. The molecule has 98 valence electrons. The largest absolute Gasteiger partial charge is 0.360 e. The third kappa shape index (κ3) is 8.20. The van der Waals surface area contributed by atoms with Crippen molar-refractivity contribution in [3.63, 3.8) is 0 Å². The van der Waals surface area contributed by atoms with E-state index in [9.17, 15) is 0 Å². The second kappa shape index (κ2) is 11.5. The Morgan fingerprint density at radius 2 is 1.62 bits per heavy atom. The molecule has 0 saturated carbocycles. The summed E-state index contributed by atoms with van der Waals surface area (Å²) in [7, 11) is 3.13. The van der Waals surface area contributed by atoms with Crippen molar-refractivity contribution in [1.29, 1.82) is 0 Å². The lowest BCUT2D eigenvalue weighted by atomic mass is 10.4. The minimum atomic E-state index is -0.279. The van der Waals surface area contributed by atoms with Crippen LogP contribution in [0.15, 0.2) is 0 Å². The molecule has 0 bridgehead atoms. The quantitative estimate of drug-likeness (QED) is 0.272. The van der Waals surface area contributed by atoms with E-state index < -0.39 is 0 Å². The number of nitrogens with two attached hydrogens (primary N) is 2. The Kier molecular flexibility index (Phi) is 11.5. The molecule has 5 nitrogen and oxygen atoms in total. The molecule has 0 saturated heterocycles. The average molecular weight is 249 g/mol. The van der Waals surface area contributed by atoms with Gasteiger partial charge in [0.2, 0.25) is 0 Å². The summed E-state index contributed by atoms with van der Waals surface area (Å²) in [6.07, 6.45) is 1.19. The Morgan fingerprint density at radius 3 is 2.06 bits per heavy atom. The lowest BCUT2D eigenvalue weighted by molar-refractivity contribution is -0.0441. The summed E-state index contributed by atoms with van der Waals surface area (Å²) in [6.45, 7) is 4.38. The molecule has 0 aliphatic heterocycles. The monoisotopic (exact) mass is 249 g/mol. The van der Waals surface area contributed by atoms with Gasteiger partial charge in [-0.25, -0.2) is 0 Å². The molecule has 0 radical (unpaired) electrons. The molecule has 0 spiro atoms. The smallest absolute Gasteiger partial charge is 0.134 e. The molecule has 0 aliphatic carbocycles. The van der Waals surface area contributed by atoms with Crippen molar-refractivity contribution in [2.24, 2.45) is 11.5 Å². The van der Waals surface area contributed by atoms with Crippen LogP contribution < -0.4 is 11.5 Å². The first-order valence-electron chi connectivity index (χ1n) is 5.96. The highest BCUT2D eigenvalue weighted by atomic mass is 28.2. The van der Waals surface area contributed by atoms with Crippen LogP contribution in [-0.2, 0) is 9.47 Å². The van der Waals surface area contributed by atoms with Gasteiger partial charge in [-0.2, -0.15) is 0 Å². The molecular formula is C10H27N3O2Si. The van der Waals surface area contributed by atoms with Crippen LogP contribution in [-0.4, -0.2) is 67.3 Å². The molecule has 16 heavy (non-hydrogen) atoms. The van der Waals surface area contributed by atoms with Crippen molar-refractivity contribution in [1.82, 2.24) is 4.90 Å². The van der Waals surface area contributed by atoms with Crippen LogP contribution >= 0.6 is 0 Å². The van der Waals surface area contributed by atoms with E-state index in [0.717, 1.165) is 19.6 Å². The summed E-state index contributed by atoms with van der Waals surface area (Å²) >= 11 is 0. The Hall–Kier alpha value is 0.0169. The lowest BCUT2D eigenvalue weighted by Gasteiger charge is -2.20. The van der Waals surface area contributed by atoms with Gasteiger partial charge in [0.05, 0.1) is 9.52 Å². The van der Waals surface area contributed by atoms with Crippen LogP contribution in [0.1, 0.15) is 6.42 Å². The molecule has 0 heterocycles. The summed E-state index contributed by atoms with van der Waals surface area (Å²) < 4.78 is 10.4. The predicted molar refractivity (Wildman–Crippen MR) is 70.3 cm³/mol. The van der Waals surface area contributed by atoms with Crippen molar-refractivity contribution in [2.45, 2.75) is 18.4 Å². The van der Waals surface area contributed by atoms with E-state index in [2.05, 4.69) is 4.90 Å². The maximum atomic E-state index is 5.54. The summed E-state index contributed by atoms with van der Waals surface area (Å²) in [4.78, 5) is 2.32. The highest BCUT2D eigenvalue weighted by molar-refractivity contribution is 6.36. The van der Waals surface area contributed by atoms with Gasteiger partial charge < -0.3 is 25.8 Å². The third-order valence-corrected chi connectivity index (χ3v) is 4.63. The maximum Gasteiger partial charge on any atom is 0.134 e. The van der Waals surface area contributed by atoms with Crippen molar-refractivity contribution >= 4 is 9.52 Å². The van der Waals surface area contributed by atoms with Gasteiger partial charge >= 0.3 is 0 Å². The Morgan fingerprint density at radius 1 is 1.06 bits per heavy atom. The van der Waals surface area contributed by atoms with Crippen molar-refractivity contribution in [3.05, 3.63) is 0 Å². The van der Waals surface area contributed by atoms with Crippen LogP contribution in [0.25, 0.3) is 0 Å². The highest BCUT2D eigenvalue weighted by Gasteiger charge is 2.06. The second-order valence-corrected chi connectivity index (χ2v) is 5.77. The van der Waals surface area contributed by atoms with E-state index in [0.29, 0.717) is 13.1 Å². The van der Waals surface area contributed by atoms with Crippen LogP contribution in [0, 0.1) is 0 Å². The van der Waals surface area contributed by atoms with Crippen molar-refractivity contribution < 1.29 is 9.47 Å². The minimum Gasteiger partial charge on any atom is -0.360 e. The van der Waals surface area contributed by atoms with E-state index in [1.54, 1.807) is 14.2 Å². The van der Waals surface area contributed by atoms with Gasteiger partial charge in [-0.1, -0.05) is 6.04 Å². The fourth-order valence-corrected chi connectivity index (χ4v) is 3.00. The Balaban J connectivity index is 3.52. The van der Waals surface area contributed by atoms with E-state index in [4.69, 9.17) is 20.9 Å². The molecule has 0 fully saturated rings. The van der Waals surface area contributed by atoms with E-state index >= 15 is 0 Å². The summed E-state index contributed by atoms with van der Waals surface area (Å²) in [5, 5.41) is 0. The molecule has 0 aliphatic rings. The fraction of sp³-hybridized carbons (Fsp3) is 1.00. The van der Waals surface area contributed by atoms with E-state index in [1.807, 2.05) is 0 Å². The molecule has 0 rings (SSSR count). The number of rotatable bonds is 11. The van der Waals surface area contributed by atoms with Gasteiger partial charge in [-0.05, 0) is 13.0 Å². The van der Waals surface area contributed by atoms with E-state index in [1.165, 1.54) is 12.5 Å². The zero-order valence-corrected chi connectivity index (χ0v) is 12.1. The predicted octanol–water partition coefficient (Wildman–Crippen LogP) is -1.24. The molecular weight excluding hydrogens is 222 g/mol. The number of hydrogen-bond acceptors (Lipinski definition) is 5. The molecule has 0 aromatic rings. The average Bonchev–Trinajstić information content (AvgIpc) is 2.30. The summed E-state index contributed by atoms with van der Waals surface area (Å²) in [6, 6.07) is 1.23. The van der Waals surface area contributed by atoms with Gasteiger partial charge in [-0.3, -0.25) is 0 Å². The molecule has 0 amide bonds. The first-order chi connectivity index (χ1) is 7.78. The SMILES string of the molecule is COC(OC)[SiH2]CCCN(CCN)CCN. The lowest BCUT2D eigenvalue weighted by Crippen LogP contribution is -2.35. The van der Waals surface area contributed by atoms with E-state index in [-0.39, 0.29) is 15.4 Å². The molecule has 0 aromatic carbocycles. The van der Waals surface area contributed by atoms with Gasteiger partial charge in [0.1, 0.15) is 5.91 Å². The molecule has 6 heteroatoms. The van der Waals surface area contributed by atoms with Crippen LogP contribution in [0.4, 0.5) is 0 Å². The summed E-state index contributed by atoms with van der Waals surface area (Å²) in [5.41, 5.74) is 11.1. The Bertz CT molecular complexity index is 142. The standard InChI is InChI=1S/C10H27N3O2Si/c1-14-10(15-2)16-9-3-6-13(7-4-11)8-5-12/h10H,3-9,11-12,16H2,1-2H3. The third-order valence-electron chi connectivity index (χ3n) is 2.58. The molecule has 4 N–H and O–H groups in total. The van der Waals surface area contributed by atoms with Crippen LogP contribution in [0.5, 0.6) is 0 Å². The van der Waals surface area contributed by atoms with Crippen LogP contribution in [0.2, 0.25) is 6.04 Å². The topological polar surface area (TPSA) is 73.7 Å². The molecule has 0 unspecified atom stereocenters. The first-order valence-corrected chi connectivity index (χ1v) is 7.78. The number of hydrogen-bond donors (Lipinski definition) is 2. The fourth-order valence-electron chi connectivity index (χ4n) is 1.68. The van der Waals surface area contributed by atoms with Gasteiger partial charge in [0.15, 0.2) is 0 Å². The zero-order valence-electron chi connectivity index (χ0n) is 10.7.